The van der Waals surface area contributed by atoms with Crippen LogP contribution < -0.4 is 5.56 Å². The third kappa shape index (κ3) is 4.42. The molecule has 142 valence electrons. The second-order valence-corrected chi connectivity index (χ2v) is 7.25. The highest BCUT2D eigenvalue weighted by atomic mass is 32.2. The van der Waals surface area contributed by atoms with E-state index in [4.69, 9.17) is 0 Å². The van der Waals surface area contributed by atoms with Crippen LogP contribution >= 0.6 is 11.8 Å². The standard InChI is InChI=1S/C21H16N6OS/c22-11-17-18(10-14-5-2-1-3-6-14)25-21(26-20(17)28)29-12-15-7-4-8-16(9-15)19-23-13-24-27-19/h1-9,13H,10,12H2,(H,23,24,27)(H,25,26,28). The van der Waals surface area contributed by atoms with Gasteiger partial charge in [-0.1, -0.05) is 60.3 Å². The third-order valence-electron chi connectivity index (χ3n) is 4.29. The van der Waals surface area contributed by atoms with Gasteiger partial charge in [-0.15, -0.1) is 0 Å². The predicted octanol–water partition coefficient (Wildman–Crippen LogP) is 3.31. The molecule has 2 heterocycles. The molecular formula is C21H16N6OS. The van der Waals surface area contributed by atoms with E-state index in [2.05, 4.69) is 25.1 Å². The molecule has 0 spiro atoms. The van der Waals surface area contributed by atoms with Crippen LogP contribution in [-0.4, -0.2) is 25.1 Å². The minimum Gasteiger partial charge on any atom is -0.300 e. The van der Waals surface area contributed by atoms with Gasteiger partial charge in [0.1, 0.15) is 18.0 Å². The lowest BCUT2D eigenvalue weighted by atomic mass is 10.1. The molecule has 2 N–H and O–H groups in total. The molecule has 0 unspecified atom stereocenters. The van der Waals surface area contributed by atoms with Gasteiger partial charge < -0.3 is 4.98 Å². The summed E-state index contributed by atoms with van der Waals surface area (Å²) < 4.78 is 0. The number of nitriles is 1. The molecule has 7 nitrogen and oxygen atoms in total. The van der Waals surface area contributed by atoms with Gasteiger partial charge in [0.15, 0.2) is 11.0 Å². The van der Waals surface area contributed by atoms with Crippen molar-refractivity contribution in [1.29, 1.82) is 5.26 Å². The Kier molecular flexibility index (Phi) is 5.49. The van der Waals surface area contributed by atoms with Gasteiger partial charge >= 0.3 is 0 Å². The van der Waals surface area contributed by atoms with Crippen LogP contribution in [0.1, 0.15) is 22.4 Å². The molecule has 0 aliphatic rings. The fourth-order valence-electron chi connectivity index (χ4n) is 2.90. The van der Waals surface area contributed by atoms with Crippen molar-refractivity contribution in [2.75, 3.05) is 0 Å². The van der Waals surface area contributed by atoms with Gasteiger partial charge in [-0.25, -0.2) is 9.97 Å². The highest BCUT2D eigenvalue weighted by molar-refractivity contribution is 7.98. The van der Waals surface area contributed by atoms with Crippen LogP contribution in [0.4, 0.5) is 0 Å². The highest BCUT2D eigenvalue weighted by Gasteiger charge is 2.12. The fourth-order valence-corrected chi connectivity index (χ4v) is 3.73. The topological polar surface area (TPSA) is 111 Å². The van der Waals surface area contributed by atoms with Crippen molar-refractivity contribution in [3.63, 3.8) is 0 Å². The Morgan fingerprint density at radius 1 is 1.07 bits per heavy atom. The van der Waals surface area contributed by atoms with E-state index in [0.717, 1.165) is 16.7 Å². The number of thioether (sulfide) groups is 1. The molecule has 0 radical (unpaired) electrons. The van der Waals surface area contributed by atoms with Gasteiger partial charge in [0.25, 0.3) is 5.56 Å². The van der Waals surface area contributed by atoms with E-state index in [-0.39, 0.29) is 5.56 Å². The summed E-state index contributed by atoms with van der Waals surface area (Å²) in [6, 6.07) is 19.6. The summed E-state index contributed by atoms with van der Waals surface area (Å²) in [7, 11) is 0. The third-order valence-corrected chi connectivity index (χ3v) is 5.23. The molecular weight excluding hydrogens is 384 g/mol. The minimum atomic E-state index is -0.411. The van der Waals surface area contributed by atoms with Crippen molar-refractivity contribution in [3.8, 4) is 17.5 Å². The normalized spacial score (nSPS) is 10.6. The lowest BCUT2D eigenvalue weighted by Crippen LogP contribution is -2.17. The van der Waals surface area contributed by atoms with Gasteiger partial charge in [-0.2, -0.15) is 10.4 Å². The number of rotatable bonds is 6. The average Bonchev–Trinajstić information content (AvgIpc) is 3.28. The van der Waals surface area contributed by atoms with Crippen molar-refractivity contribution in [2.24, 2.45) is 0 Å². The number of aromatic amines is 2. The lowest BCUT2D eigenvalue weighted by Gasteiger charge is -2.07. The maximum Gasteiger partial charge on any atom is 0.269 e. The van der Waals surface area contributed by atoms with Gasteiger partial charge in [-0.05, 0) is 17.2 Å². The first kappa shape index (κ1) is 18.7. The zero-order valence-corrected chi connectivity index (χ0v) is 16.1. The monoisotopic (exact) mass is 400 g/mol. The molecule has 0 aliphatic heterocycles. The Labute approximate surface area is 170 Å². The molecule has 4 aromatic rings. The van der Waals surface area contributed by atoms with E-state index in [0.29, 0.717) is 28.8 Å². The van der Waals surface area contributed by atoms with E-state index >= 15 is 0 Å². The molecule has 2 aromatic heterocycles. The number of hydrogen-bond donors (Lipinski definition) is 2. The summed E-state index contributed by atoms with van der Waals surface area (Å²) in [5, 5.41) is 16.6. The maximum atomic E-state index is 12.4. The molecule has 2 aromatic carbocycles. The van der Waals surface area contributed by atoms with Crippen LogP contribution in [0.3, 0.4) is 0 Å². The zero-order valence-electron chi connectivity index (χ0n) is 15.3. The van der Waals surface area contributed by atoms with Crippen LogP contribution in [0.2, 0.25) is 0 Å². The predicted molar refractivity (Wildman–Crippen MR) is 110 cm³/mol. The molecule has 0 atom stereocenters. The van der Waals surface area contributed by atoms with Crippen molar-refractivity contribution < 1.29 is 0 Å². The molecule has 0 aliphatic carbocycles. The quantitative estimate of drug-likeness (QED) is 0.379. The van der Waals surface area contributed by atoms with Crippen LogP contribution in [-0.2, 0) is 12.2 Å². The minimum absolute atomic E-state index is 0.0607. The SMILES string of the molecule is N#Cc1c(Cc2ccccc2)nc(SCc2cccc(-c3ncn[nH]3)c2)[nH]c1=O. The van der Waals surface area contributed by atoms with Crippen molar-refractivity contribution in [1.82, 2.24) is 25.1 Å². The summed E-state index contributed by atoms with van der Waals surface area (Å²) in [6.45, 7) is 0. The van der Waals surface area contributed by atoms with E-state index in [9.17, 15) is 10.1 Å². The Balaban J connectivity index is 1.56. The Morgan fingerprint density at radius 3 is 2.66 bits per heavy atom. The van der Waals surface area contributed by atoms with Gasteiger partial charge in [0.2, 0.25) is 0 Å². The van der Waals surface area contributed by atoms with E-state index in [1.54, 1.807) is 0 Å². The van der Waals surface area contributed by atoms with Crippen molar-refractivity contribution in [2.45, 2.75) is 17.3 Å². The molecule has 8 heteroatoms. The molecule has 29 heavy (non-hydrogen) atoms. The molecule has 0 saturated heterocycles. The first-order valence-electron chi connectivity index (χ1n) is 8.87. The lowest BCUT2D eigenvalue weighted by molar-refractivity contribution is 0.870. The molecule has 0 bridgehead atoms. The molecule has 0 amide bonds. The first-order valence-corrected chi connectivity index (χ1v) is 9.86. The van der Waals surface area contributed by atoms with Crippen LogP contribution in [0, 0.1) is 11.3 Å². The smallest absolute Gasteiger partial charge is 0.269 e. The molecule has 4 rings (SSSR count). The summed E-state index contributed by atoms with van der Waals surface area (Å²) in [5.41, 5.74) is 3.13. The molecule has 0 fully saturated rings. The zero-order chi connectivity index (χ0) is 20.1. The fraction of sp³-hybridized carbons (Fsp3) is 0.0952. The average molecular weight is 400 g/mol. The molecule has 0 saturated carbocycles. The van der Waals surface area contributed by atoms with Crippen LogP contribution in [0.5, 0.6) is 0 Å². The second-order valence-electron chi connectivity index (χ2n) is 6.29. The maximum absolute atomic E-state index is 12.4. The summed E-state index contributed by atoms with van der Waals surface area (Å²) in [4.78, 5) is 23.8. The Hall–Kier alpha value is -3.70. The van der Waals surface area contributed by atoms with Crippen LogP contribution in [0.15, 0.2) is 70.9 Å². The number of nitrogens with zero attached hydrogens (tertiary/aromatic N) is 4. The summed E-state index contributed by atoms with van der Waals surface area (Å²) in [5.74, 6) is 1.31. The first-order chi connectivity index (χ1) is 14.2. The number of benzene rings is 2. The summed E-state index contributed by atoms with van der Waals surface area (Å²) in [6.07, 6.45) is 1.90. The van der Waals surface area contributed by atoms with E-state index < -0.39 is 5.56 Å². The summed E-state index contributed by atoms with van der Waals surface area (Å²) >= 11 is 1.42. The van der Waals surface area contributed by atoms with E-state index in [1.165, 1.54) is 18.1 Å². The number of hydrogen-bond acceptors (Lipinski definition) is 6. The number of aromatic nitrogens is 5. The van der Waals surface area contributed by atoms with Gasteiger partial charge in [0, 0.05) is 17.7 Å². The Morgan fingerprint density at radius 2 is 1.90 bits per heavy atom. The number of H-pyrrole nitrogens is 2. The largest absolute Gasteiger partial charge is 0.300 e. The highest BCUT2D eigenvalue weighted by Crippen LogP contribution is 2.23. The van der Waals surface area contributed by atoms with Gasteiger partial charge in [0.05, 0.1) is 5.69 Å². The van der Waals surface area contributed by atoms with Crippen LogP contribution in [0.25, 0.3) is 11.4 Å². The van der Waals surface area contributed by atoms with Crippen molar-refractivity contribution >= 4 is 11.8 Å². The second kappa shape index (κ2) is 8.54. The van der Waals surface area contributed by atoms with E-state index in [1.807, 2.05) is 60.7 Å². The number of nitrogens with one attached hydrogen (secondary N) is 2. The van der Waals surface area contributed by atoms with Crippen molar-refractivity contribution in [3.05, 3.63) is 93.7 Å². The Bertz CT molecular complexity index is 1210. The van der Waals surface area contributed by atoms with Gasteiger partial charge in [-0.3, -0.25) is 9.89 Å².